The summed E-state index contributed by atoms with van der Waals surface area (Å²) in [6.07, 6.45) is 3.96. The number of aliphatic hydroxyl groups is 1. The molecule has 24 heteroatoms. The lowest BCUT2D eigenvalue weighted by Gasteiger charge is -2.36. The quantitative estimate of drug-likeness (QED) is 0.0437. The molecule has 4 aromatic carbocycles. The van der Waals surface area contributed by atoms with Gasteiger partial charge >= 0.3 is 0 Å². The van der Waals surface area contributed by atoms with Crippen molar-refractivity contribution in [2.24, 2.45) is 17.2 Å². The highest BCUT2D eigenvalue weighted by Crippen LogP contribution is 2.26. The Labute approximate surface area is 494 Å². The Kier molecular flexibility index (Phi) is 22.9. The van der Waals surface area contributed by atoms with Crippen LogP contribution in [-0.2, 0) is 64.0 Å². The van der Waals surface area contributed by atoms with Gasteiger partial charge < -0.3 is 63.7 Å². The van der Waals surface area contributed by atoms with Crippen molar-refractivity contribution < 1.29 is 43.5 Å². The predicted octanol–water partition coefficient (Wildman–Crippen LogP) is 2.44. The number of benzene rings is 4. The van der Waals surface area contributed by atoms with Gasteiger partial charge in [-0.3, -0.25) is 43.3 Å². The summed E-state index contributed by atoms with van der Waals surface area (Å²) in [5, 5.41) is 27.9. The Morgan fingerprint density at radius 2 is 1.47 bits per heavy atom. The van der Waals surface area contributed by atoms with Gasteiger partial charge in [0.15, 0.2) is 0 Å². The second-order valence-electron chi connectivity index (χ2n) is 20.6. The minimum Gasteiger partial charge on any atom is -0.391 e. The summed E-state index contributed by atoms with van der Waals surface area (Å²) >= 11 is 6.12. The zero-order valence-corrected chi connectivity index (χ0v) is 48.7. The van der Waals surface area contributed by atoms with Gasteiger partial charge in [0.2, 0.25) is 47.3 Å². The minimum atomic E-state index is -1.70. The van der Waals surface area contributed by atoms with Crippen molar-refractivity contribution in [1.82, 2.24) is 46.4 Å². The summed E-state index contributed by atoms with van der Waals surface area (Å²) in [6, 6.07) is 19.7. The van der Waals surface area contributed by atoms with Gasteiger partial charge in [-0.25, -0.2) is 0 Å². The first-order chi connectivity index (χ1) is 39.8. The molecule has 0 saturated carbocycles. The number of fused-ring (bicyclic) bond motifs is 2. The van der Waals surface area contributed by atoms with Crippen LogP contribution in [0, 0.1) is 0 Å². The molecule has 0 bridgehead atoms. The van der Waals surface area contributed by atoms with E-state index in [9.17, 15) is 33.9 Å². The first-order valence-corrected chi connectivity index (χ1v) is 30.1. The molecule has 8 amide bonds. The lowest BCUT2D eigenvalue weighted by molar-refractivity contribution is -0.149. The van der Waals surface area contributed by atoms with Gasteiger partial charge in [-0.15, -0.1) is 0 Å². The third kappa shape index (κ3) is 17.3. The van der Waals surface area contributed by atoms with E-state index in [2.05, 4.69) is 36.6 Å². The fraction of sp³-hybridized carbons (Fsp3) is 0.373. The number of amides is 8. The molecule has 1 aliphatic rings. The number of unbranched alkanes of at least 4 members (excludes halogenated alkanes) is 1. The number of hydrogen-bond acceptors (Lipinski definition) is 14. The smallest absolute Gasteiger partial charge is 0.246 e. The summed E-state index contributed by atoms with van der Waals surface area (Å²) in [6.45, 7) is 1.53. The molecule has 1 fully saturated rings. The van der Waals surface area contributed by atoms with Crippen LogP contribution in [0.4, 0.5) is 0 Å². The standard InChI is InChI=1S/C59H71ClN12O9S2/c1-34(73)51-57(79)69-48(54(76)66-45(52(63)74)27-36-17-20-38-12-4-5-13-39(38)25-36)33-83-82-32-47(68-53(75)43(62)26-35-18-21-41(60)22-19-35)55(77)67-46(28-37-11-10-24-64-30-37)58(80)72(3)50(29-40-31-65-44-15-7-6-14-42(40)44)59(81)71(2)49(56(78)70-51)16-8-9-23-61/h4-7,10-15,17-22,24-25,30-31,34,43,45-51,65,73H,8-9,16,23,26-29,32-33,61-62H2,1-3H3,(H2,63,74)(H,66,76)(H,67,77)(H,68,75)(H,69,79)(H,70,78)/t34-,43+,45+,46+,47?,48?,49+,50?,51+/m1/s1. The van der Waals surface area contributed by atoms with Crippen LogP contribution in [0.25, 0.3) is 21.7 Å². The Hall–Kier alpha value is -7.54. The lowest BCUT2D eigenvalue weighted by Crippen LogP contribution is -2.62. The fourth-order valence-corrected chi connectivity index (χ4v) is 12.2. The van der Waals surface area contributed by atoms with E-state index in [0.717, 1.165) is 43.3 Å². The molecular formula is C59H71ClN12O9S2. The van der Waals surface area contributed by atoms with Gasteiger partial charge in [-0.05, 0) is 96.4 Å². The molecule has 3 heterocycles. The molecule has 83 heavy (non-hydrogen) atoms. The zero-order chi connectivity index (χ0) is 59.7. The van der Waals surface area contributed by atoms with Crippen molar-refractivity contribution in [2.45, 2.75) is 106 Å². The number of hydrogen-bond donors (Lipinski definition) is 10. The van der Waals surface area contributed by atoms with Crippen LogP contribution < -0.4 is 43.8 Å². The van der Waals surface area contributed by atoms with E-state index in [4.69, 9.17) is 28.8 Å². The maximum atomic E-state index is 15.4. The van der Waals surface area contributed by atoms with E-state index in [1.807, 2.05) is 60.7 Å². The van der Waals surface area contributed by atoms with Gasteiger partial charge in [-0.1, -0.05) is 112 Å². The van der Waals surface area contributed by atoms with E-state index in [1.54, 1.807) is 54.9 Å². The van der Waals surface area contributed by atoms with Crippen LogP contribution in [0.15, 0.2) is 122 Å². The number of nitrogens with one attached hydrogen (secondary N) is 6. The van der Waals surface area contributed by atoms with Crippen molar-refractivity contribution >= 4 is 102 Å². The molecule has 1 aliphatic heterocycles. The largest absolute Gasteiger partial charge is 0.391 e. The molecule has 0 aliphatic carbocycles. The minimum absolute atomic E-state index is 0.0159. The average molecular weight is 1190 g/mol. The van der Waals surface area contributed by atoms with E-state index >= 15 is 9.59 Å². The molecule has 440 valence electrons. The topological polar surface area (TPSA) is 330 Å². The molecule has 3 unspecified atom stereocenters. The molecule has 9 atom stereocenters. The van der Waals surface area contributed by atoms with Gasteiger partial charge in [0.1, 0.15) is 42.3 Å². The molecule has 6 aromatic rings. The monoisotopic (exact) mass is 1190 g/mol. The number of primary amides is 1. The highest BCUT2D eigenvalue weighted by atomic mass is 35.5. The molecule has 0 spiro atoms. The third-order valence-corrected chi connectivity index (χ3v) is 17.2. The number of aromatic nitrogens is 2. The molecular weight excluding hydrogens is 1120 g/mol. The lowest BCUT2D eigenvalue weighted by atomic mass is 9.99. The van der Waals surface area contributed by atoms with E-state index < -0.39 is 102 Å². The van der Waals surface area contributed by atoms with Crippen LogP contribution in [0.3, 0.4) is 0 Å². The van der Waals surface area contributed by atoms with Gasteiger partial charge in [0, 0.05) is 79.4 Å². The number of nitrogens with two attached hydrogens (primary N) is 3. The van der Waals surface area contributed by atoms with Crippen molar-refractivity contribution in [3.05, 3.63) is 149 Å². The normalized spacial score (nSPS) is 21.1. The molecule has 0 radical (unpaired) electrons. The average Bonchev–Trinajstić information content (AvgIpc) is 3.91. The SMILES string of the molecule is C[C@@H](O)[C@@H]1NC(=O)[C@H](CCCCN)N(C)C(=O)C(Cc2c[nH]c3ccccc23)N(C)C(=O)[C@H](Cc2cccnc2)NC(=O)C(NC(=O)[C@@H](N)Cc2ccc(Cl)cc2)CSSCC(C(=O)N[C@@H](Cc2ccc3ccccc3c2)C(N)=O)NC1=O. The number of H-pyrrole nitrogens is 1. The number of pyridine rings is 1. The zero-order valence-electron chi connectivity index (χ0n) is 46.3. The van der Waals surface area contributed by atoms with Crippen molar-refractivity contribution in [1.29, 1.82) is 0 Å². The number of rotatable bonds is 18. The van der Waals surface area contributed by atoms with Crippen LogP contribution in [-0.4, -0.2) is 159 Å². The Morgan fingerprint density at radius 1 is 0.771 bits per heavy atom. The first-order valence-electron chi connectivity index (χ1n) is 27.2. The van der Waals surface area contributed by atoms with Crippen molar-refractivity contribution in [2.75, 3.05) is 32.1 Å². The number of carbonyl (C=O) groups excluding carboxylic acids is 8. The number of halogens is 1. The van der Waals surface area contributed by atoms with Gasteiger partial charge in [-0.2, -0.15) is 0 Å². The molecule has 2 aromatic heterocycles. The molecule has 1 saturated heterocycles. The highest BCUT2D eigenvalue weighted by Gasteiger charge is 2.40. The van der Waals surface area contributed by atoms with Crippen LogP contribution in [0.1, 0.15) is 48.4 Å². The molecule has 7 rings (SSSR count). The van der Waals surface area contributed by atoms with Crippen LogP contribution >= 0.6 is 33.2 Å². The number of para-hydroxylation sites is 1. The highest BCUT2D eigenvalue weighted by molar-refractivity contribution is 8.76. The Bertz CT molecular complexity index is 3250. The number of aliphatic hydroxyl groups excluding tert-OH is 1. The summed E-state index contributed by atoms with van der Waals surface area (Å²) in [7, 11) is 4.88. The van der Waals surface area contributed by atoms with Crippen LogP contribution in [0.2, 0.25) is 5.02 Å². The summed E-state index contributed by atoms with van der Waals surface area (Å²) in [4.78, 5) is 126. The summed E-state index contributed by atoms with van der Waals surface area (Å²) < 4.78 is 0. The van der Waals surface area contributed by atoms with E-state index in [1.165, 1.54) is 37.0 Å². The van der Waals surface area contributed by atoms with Gasteiger partial charge in [0.25, 0.3) is 0 Å². The first kappa shape index (κ1) is 63.0. The second kappa shape index (κ2) is 30.1. The maximum absolute atomic E-state index is 15.4. The third-order valence-electron chi connectivity index (χ3n) is 14.5. The summed E-state index contributed by atoms with van der Waals surface area (Å²) in [5.74, 6) is -6.87. The predicted molar refractivity (Wildman–Crippen MR) is 322 cm³/mol. The maximum Gasteiger partial charge on any atom is 0.246 e. The number of carbonyl (C=O) groups is 8. The Morgan fingerprint density at radius 3 is 2.18 bits per heavy atom. The summed E-state index contributed by atoms with van der Waals surface area (Å²) in [5.41, 5.74) is 21.6. The van der Waals surface area contributed by atoms with Crippen molar-refractivity contribution in [3.8, 4) is 0 Å². The van der Waals surface area contributed by atoms with Crippen LogP contribution in [0.5, 0.6) is 0 Å². The number of nitrogens with zero attached hydrogens (tertiary/aromatic N) is 3. The van der Waals surface area contributed by atoms with E-state index in [0.29, 0.717) is 40.1 Å². The number of aromatic amines is 1. The number of likely N-dealkylation sites (N-methyl/N-ethyl adjacent to an activating group) is 2. The second-order valence-corrected chi connectivity index (χ2v) is 23.6. The van der Waals surface area contributed by atoms with E-state index in [-0.39, 0.29) is 50.2 Å². The fourth-order valence-electron chi connectivity index (χ4n) is 9.75. The van der Waals surface area contributed by atoms with Crippen molar-refractivity contribution in [3.63, 3.8) is 0 Å². The molecule has 13 N–H and O–H groups in total. The van der Waals surface area contributed by atoms with Gasteiger partial charge in [0.05, 0.1) is 12.1 Å². The Balaban J connectivity index is 1.28. The molecule has 21 nitrogen and oxygen atoms in total.